The predicted octanol–water partition coefficient (Wildman–Crippen LogP) is 5.36. The molecule has 0 saturated carbocycles. The van der Waals surface area contributed by atoms with Crippen molar-refractivity contribution in [1.82, 2.24) is 0 Å². The molecule has 0 aliphatic rings. The van der Waals surface area contributed by atoms with Gasteiger partial charge in [-0.2, -0.15) is 0 Å². The van der Waals surface area contributed by atoms with Gasteiger partial charge in [0.2, 0.25) is 0 Å². The Morgan fingerprint density at radius 2 is 1.40 bits per heavy atom. The van der Waals surface area contributed by atoms with E-state index < -0.39 is 0 Å². The minimum absolute atomic E-state index is 0.735. The molecule has 0 aromatic rings. The lowest BCUT2D eigenvalue weighted by atomic mass is 9.94. The Balaban J connectivity index is 3.50. The monoisotopic (exact) mass is 208 g/mol. The zero-order chi connectivity index (χ0) is 11.5. The highest BCUT2D eigenvalue weighted by atomic mass is 14.1. The number of hydrogen-bond acceptors (Lipinski definition) is 0. The summed E-state index contributed by atoms with van der Waals surface area (Å²) in [6.07, 6.45) is 13.4. The highest BCUT2D eigenvalue weighted by Crippen LogP contribution is 2.19. The van der Waals surface area contributed by atoms with Crippen molar-refractivity contribution >= 4 is 0 Å². The molecule has 0 amide bonds. The summed E-state index contributed by atoms with van der Waals surface area (Å²) in [5.74, 6) is 1.48. The molecule has 0 aromatic heterocycles. The zero-order valence-corrected chi connectivity index (χ0v) is 10.7. The van der Waals surface area contributed by atoms with Crippen LogP contribution in [0.15, 0.2) is 25.3 Å². The van der Waals surface area contributed by atoms with Gasteiger partial charge < -0.3 is 0 Å². The normalized spacial score (nSPS) is 14.5. The molecule has 0 N–H and O–H groups in total. The molecule has 0 nitrogen and oxygen atoms in total. The van der Waals surface area contributed by atoms with E-state index in [9.17, 15) is 0 Å². The van der Waals surface area contributed by atoms with Crippen LogP contribution in [-0.2, 0) is 0 Å². The van der Waals surface area contributed by atoms with Gasteiger partial charge in [0, 0.05) is 0 Å². The Morgan fingerprint density at radius 3 is 1.80 bits per heavy atom. The van der Waals surface area contributed by atoms with Crippen molar-refractivity contribution in [2.24, 2.45) is 11.8 Å². The average molecular weight is 208 g/mol. The quantitative estimate of drug-likeness (QED) is 0.335. The third-order valence-corrected chi connectivity index (χ3v) is 3.25. The minimum atomic E-state index is 0.735. The van der Waals surface area contributed by atoms with E-state index in [1.165, 1.54) is 44.9 Å². The molecule has 0 heterocycles. The van der Waals surface area contributed by atoms with Crippen LogP contribution in [0, 0.1) is 11.8 Å². The van der Waals surface area contributed by atoms with E-state index in [0.717, 1.165) is 11.8 Å². The lowest BCUT2D eigenvalue weighted by Crippen LogP contribution is -1.98. The van der Waals surface area contributed by atoms with Crippen LogP contribution in [0.1, 0.15) is 58.8 Å². The summed E-state index contributed by atoms with van der Waals surface area (Å²) in [4.78, 5) is 0. The number of rotatable bonds is 10. The van der Waals surface area contributed by atoms with Crippen LogP contribution in [0.25, 0.3) is 0 Å². The first-order chi connectivity index (χ1) is 7.28. The summed E-state index contributed by atoms with van der Waals surface area (Å²) >= 11 is 0. The van der Waals surface area contributed by atoms with Gasteiger partial charge in [-0.15, -0.1) is 13.2 Å². The molecule has 2 unspecified atom stereocenters. The molecule has 0 radical (unpaired) electrons. The molecule has 15 heavy (non-hydrogen) atoms. The summed E-state index contributed by atoms with van der Waals surface area (Å²) in [6, 6.07) is 0. The van der Waals surface area contributed by atoms with Gasteiger partial charge in [-0.1, -0.05) is 45.3 Å². The topological polar surface area (TPSA) is 0 Å². The average Bonchev–Trinajstić information content (AvgIpc) is 2.28. The highest BCUT2D eigenvalue weighted by Gasteiger charge is 2.04. The van der Waals surface area contributed by atoms with Crippen LogP contribution >= 0.6 is 0 Å². The van der Waals surface area contributed by atoms with Crippen LogP contribution in [0.5, 0.6) is 0 Å². The zero-order valence-electron chi connectivity index (χ0n) is 10.7. The molecule has 0 heteroatoms. The van der Waals surface area contributed by atoms with Gasteiger partial charge in [0.15, 0.2) is 0 Å². The van der Waals surface area contributed by atoms with Gasteiger partial charge in [0.05, 0.1) is 0 Å². The van der Waals surface area contributed by atoms with Gasteiger partial charge in [0.25, 0.3) is 0 Å². The van der Waals surface area contributed by atoms with Gasteiger partial charge in [-0.25, -0.2) is 0 Å². The molecule has 0 spiro atoms. The Labute approximate surface area is 96.5 Å². The Kier molecular flexibility index (Phi) is 9.67. The number of unbranched alkanes of at least 4 members (excludes halogenated alkanes) is 1. The second kappa shape index (κ2) is 10.0. The molecule has 0 aromatic carbocycles. The van der Waals surface area contributed by atoms with Crippen molar-refractivity contribution < 1.29 is 0 Å². The fourth-order valence-electron chi connectivity index (χ4n) is 2.05. The lowest BCUT2D eigenvalue weighted by molar-refractivity contribution is 0.467. The first-order valence-corrected chi connectivity index (χ1v) is 6.53. The Bertz CT molecular complexity index is 157. The summed E-state index contributed by atoms with van der Waals surface area (Å²) in [6.45, 7) is 12.3. The van der Waals surface area contributed by atoms with Crippen molar-refractivity contribution in [2.75, 3.05) is 0 Å². The summed E-state index contributed by atoms with van der Waals surface area (Å²) in [5.41, 5.74) is 0. The van der Waals surface area contributed by atoms with Crippen molar-refractivity contribution in [3.8, 4) is 0 Å². The first-order valence-electron chi connectivity index (χ1n) is 6.53. The Morgan fingerprint density at radius 1 is 0.867 bits per heavy atom. The van der Waals surface area contributed by atoms with Gasteiger partial charge in [-0.05, 0) is 37.5 Å². The SMILES string of the molecule is C=CC(CC)CCCCC(C=C)CCC. The number of allylic oxidation sites excluding steroid dienone is 2. The van der Waals surface area contributed by atoms with Crippen LogP contribution in [-0.4, -0.2) is 0 Å². The molecule has 0 fully saturated rings. The predicted molar refractivity (Wildman–Crippen MR) is 71.0 cm³/mol. The third kappa shape index (κ3) is 7.41. The van der Waals surface area contributed by atoms with E-state index in [0.29, 0.717) is 0 Å². The molecule has 0 aliphatic heterocycles. The van der Waals surface area contributed by atoms with Crippen LogP contribution in [0.4, 0.5) is 0 Å². The minimum Gasteiger partial charge on any atom is -0.103 e. The van der Waals surface area contributed by atoms with E-state index >= 15 is 0 Å². The van der Waals surface area contributed by atoms with Gasteiger partial charge in [0.1, 0.15) is 0 Å². The fourth-order valence-corrected chi connectivity index (χ4v) is 2.05. The summed E-state index contributed by atoms with van der Waals surface area (Å²) in [7, 11) is 0. The molecule has 2 atom stereocenters. The maximum atomic E-state index is 3.91. The molecular formula is C15H28. The molecule has 88 valence electrons. The molecule has 0 rings (SSSR count). The van der Waals surface area contributed by atoms with E-state index in [2.05, 4.69) is 39.2 Å². The van der Waals surface area contributed by atoms with E-state index in [4.69, 9.17) is 0 Å². The van der Waals surface area contributed by atoms with Crippen molar-refractivity contribution in [1.29, 1.82) is 0 Å². The Hall–Kier alpha value is -0.520. The van der Waals surface area contributed by atoms with Crippen LogP contribution in [0.3, 0.4) is 0 Å². The van der Waals surface area contributed by atoms with E-state index in [1.807, 2.05) is 0 Å². The fraction of sp³-hybridized carbons (Fsp3) is 0.733. The van der Waals surface area contributed by atoms with Crippen molar-refractivity contribution in [2.45, 2.75) is 58.8 Å². The molecular weight excluding hydrogens is 180 g/mol. The molecule has 0 bridgehead atoms. The number of hydrogen-bond donors (Lipinski definition) is 0. The van der Waals surface area contributed by atoms with E-state index in [-0.39, 0.29) is 0 Å². The van der Waals surface area contributed by atoms with Crippen molar-refractivity contribution in [3.05, 3.63) is 25.3 Å². The van der Waals surface area contributed by atoms with Crippen LogP contribution < -0.4 is 0 Å². The van der Waals surface area contributed by atoms with Crippen LogP contribution in [0.2, 0.25) is 0 Å². The highest BCUT2D eigenvalue weighted by molar-refractivity contribution is 4.80. The first kappa shape index (κ1) is 14.5. The van der Waals surface area contributed by atoms with Gasteiger partial charge in [-0.3, -0.25) is 0 Å². The lowest BCUT2D eigenvalue weighted by Gasteiger charge is -2.12. The smallest absolute Gasteiger partial charge is 0.0236 e. The van der Waals surface area contributed by atoms with Gasteiger partial charge >= 0.3 is 0 Å². The van der Waals surface area contributed by atoms with Crippen molar-refractivity contribution in [3.63, 3.8) is 0 Å². The maximum absolute atomic E-state index is 3.91. The third-order valence-electron chi connectivity index (χ3n) is 3.25. The largest absolute Gasteiger partial charge is 0.103 e. The standard InChI is InChI=1S/C15H28/c1-5-11-15(8-4)13-10-9-12-14(6-2)7-3/h6,8,14-15H,2,4-5,7,9-13H2,1,3H3. The summed E-state index contributed by atoms with van der Waals surface area (Å²) in [5, 5.41) is 0. The maximum Gasteiger partial charge on any atom is -0.0236 e. The second-order valence-electron chi connectivity index (χ2n) is 4.47. The summed E-state index contributed by atoms with van der Waals surface area (Å²) < 4.78 is 0. The molecule has 0 aliphatic carbocycles. The molecule has 0 saturated heterocycles. The second-order valence-corrected chi connectivity index (χ2v) is 4.47. The van der Waals surface area contributed by atoms with E-state index in [1.54, 1.807) is 0 Å².